The van der Waals surface area contributed by atoms with Crippen LogP contribution in [0.15, 0.2) is 18.2 Å². The lowest BCUT2D eigenvalue weighted by Gasteiger charge is -2.23. The Balaban J connectivity index is 0.00000192. The third kappa shape index (κ3) is 3.99. The number of anilines is 1. The average Bonchev–Trinajstić information content (AvgIpc) is 3.21. The molecule has 2 aliphatic rings. The smallest absolute Gasteiger partial charge is 0.228 e. The van der Waals surface area contributed by atoms with Crippen LogP contribution in [-0.4, -0.2) is 25.6 Å². The van der Waals surface area contributed by atoms with Crippen molar-refractivity contribution in [2.75, 3.05) is 25.0 Å². The van der Waals surface area contributed by atoms with Gasteiger partial charge in [-0.2, -0.15) is 0 Å². The van der Waals surface area contributed by atoms with E-state index in [0.29, 0.717) is 0 Å². The van der Waals surface area contributed by atoms with E-state index in [1.807, 2.05) is 25.1 Å². The van der Waals surface area contributed by atoms with Crippen molar-refractivity contribution < 1.29 is 9.53 Å². The van der Waals surface area contributed by atoms with Gasteiger partial charge in [0.25, 0.3) is 0 Å². The van der Waals surface area contributed by atoms with Crippen LogP contribution in [0.5, 0.6) is 5.75 Å². The maximum Gasteiger partial charge on any atom is 0.228 e. The fourth-order valence-electron chi connectivity index (χ4n) is 3.50. The second-order valence-corrected chi connectivity index (χ2v) is 6.68. The van der Waals surface area contributed by atoms with Gasteiger partial charge in [-0.1, -0.05) is 6.92 Å². The minimum atomic E-state index is 0. The van der Waals surface area contributed by atoms with Crippen molar-refractivity contribution in [2.45, 2.75) is 39.5 Å². The monoisotopic (exact) mass is 338 g/mol. The largest absolute Gasteiger partial charge is 0.494 e. The number of aryl methyl sites for hydroxylation is 1. The van der Waals surface area contributed by atoms with Gasteiger partial charge in [-0.15, -0.1) is 12.4 Å². The van der Waals surface area contributed by atoms with Gasteiger partial charge in [-0.05, 0) is 74.9 Å². The molecule has 2 N–H and O–H groups in total. The number of ether oxygens (including phenoxy) is 1. The number of amides is 1. The number of hydrogen-bond acceptors (Lipinski definition) is 3. The molecular formula is C18H27ClN2O2. The summed E-state index contributed by atoms with van der Waals surface area (Å²) in [6, 6.07) is 5.89. The maximum absolute atomic E-state index is 12.5. The van der Waals surface area contributed by atoms with Crippen LogP contribution in [0.3, 0.4) is 0 Å². The molecule has 1 heterocycles. The van der Waals surface area contributed by atoms with E-state index in [1.165, 1.54) is 0 Å². The number of benzene rings is 1. The third-order valence-corrected chi connectivity index (χ3v) is 5.03. The lowest BCUT2D eigenvalue weighted by atomic mass is 9.91. The highest BCUT2D eigenvalue weighted by Gasteiger charge is 2.57. The van der Waals surface area contributed by atoms with Crippen LogP contribution in [0.25, 0.3) is 0 Å². The molecule has 1 saturated heterocycles. The highest BCUT2D eigenvalue weighted by Crippen LogP contribution is 2.58. The molecule has 0 radical (unpaired) electrons. The molecule has 1 unspecified atom stereocenters. The molecule has 0 aromatic heterocycles. The first-order chi connectivity index (χ1) is 10.6. The van der Waals surface area contributed by atoms with Gasteiger partial charge in [0.15, 0.2) is 0 Å². The number of piperidine rings is 1. The SMILES string of the molecule is CCCOc1ccc(NC(=O)C2CC23CCNCC3)c(C)c1.Cl. The van der Waals surface area contributed by atoms with Gasteiger partial charge in [0.05, 0.1) is 6.61 Å². The van der Waals surface area contributed by atoms with Crippen molar-refractivity contribution in [2.24, 2.45) is 11.3 Å². The topological polar surface area (TPSA) is 50.4 Å². The van der Waals surface area contributed by atoms with Crippen LogP contribution < -0.4 is 15.4 Å². The Hall–Kier alpha value is -1.26. The number of carbonyl (C=O) groups is 1. The van der Waals surface area contributed by atoms with Crippen LogP contribution in [0, 0.1) is 18.3 Å². The molecule has 1 aromatic rings. The molecule has 1 amide bonds. The summed E-state index contributed by atoms with van der Waals surface area (Å²) in [7, 11) is 0. The summed E-state index contributed by atoms with van der Waals surface area (Å²) >= 11 is 0. The minimum absolute atomic E-state index is 0. The predicted octanol–water partition coefficient (Wildman–Crippen LogP) is 3.53. The third-order valence-electron chi connectivity index (χ3n) is 5.03. The summed E-state index contributed by atoms with van der Waals surface area (Å²) in [5, 5.41) is 6.49. The van der Waals surface area contributed by atoms with Crippen molar-refractivity contribution in [1.29, 1.82) is 0 Å². The normalized spacial score (nSPS) is 21.4. The van der Waals surface area contributed by atoms with E-state index < -0.39 is 0 Å². The molecule has 4 nitrogen and oxygen atoms in total. The number of hydrogen-bond donors (Lipinski definition) is 2. The lowest BCUT2D eigenvalue weighted by Crippen LogP contribution is -2.31. The minimum Gasteiger partial charge on any atom is -0.494 e. The molecule has 23 heavy (non-hydrogen) atoms. The van der Waals surface area contributed by atoms with Crippen LogP contribution >= 0.6 is 12.4 Å². The number of halogens is 1. The van der Waals surface area contributed by atoms with Gasteiger partial charge in [-0.25, -0.2) is 0 Å². The van der Waals surface area contributed by atoms with E-state index in [9.17, 15) is 4.79 Å². The Kier molecular flexibility index (Phi) is 5.93. The maximum atomic E-state index is 12.5. The van der Waals surface area contributed by atoms with E-state index in [1.54, 1.807) is 0 Å². The summed E-state index contributed by atoms with van der Waals surface area (Å²) in [4.78, 5) is 12.5. The highest BCUT2D eigenvalue weighted by atomic mass is 35.5. The van der Waals surface area contributed by atoms with Crippen molar-refractivity contribution in [1.82, 2.24) is 5.32 Å². The Bertz CT molecular complexity index is 556. The molecule has 0 bridgehead atoms. The number of rotatable bonds is 5. The highest BCUT2D eigenvalue weighted by molar-refractivity contribution is 5.95. The molecule has 128 valence electrons. The lowest BCUT2D eigenvalue weighted by molar-refractivity contribution is -0.118. The summed E-state index contributed by atoms with van der Waals surface area (Å²) < 4.78 is 5.63. The van der Waals surface area contributed by atoms with Gasteiger partial charge >= 0.3 is 0 Å². The average molecular weight is 339 g/mol. The number of carbonyl (C=O) groups excluding carboxylic acids is 1. The first-order valence-corrected chi connectivity index (χ1v) is 8.40. The first kappa shape index (κ1) is 18.1. The van der Waals surface area contributed by atoms with Crippen molar-refractivity contribution in [3.05, 3.63) is 23.8 Å². The molecule has 3 rings (SSSR count). The van der Waals surface area contributed by atoms with Crippen molar-refractivity contribution in [3.8, 4) is 5.75 Å². The quantitative estimate of drug-likeness (QED) is 0.863. The molecule has 1 saturated carbocycles. The van der Waals surface area contributed by atoms with E-state index in [2.05, 4.69) is 17.6 Å². The van der Waals surface area contributed by atoms with E-state index in [-0.39, 0.29) is 29.6 Å². The Morgan fingerprint density at radius 3 is 2.78 bits per heavy atom. The molecular weight excluding hydrogens is 312 g/mol. The van der Waals surface area contributed by atoms with Crippen molar-refractivity contribution >= 4 is 24.0 Å². The summed E-state index contributed by atoms with van der Waals surface area (Å²) in [5.41, 5.74) is 2.25. The Morgan fingerprint density at radius 1 is 1.39 bits per heavy atom. The molecule has 1 spiro atoms. The summed E-state index contributed by atoms with van der Waals surface area (Å²) in [6.45, 7) is 6.93. The molecule has 5 heteroatoms. The van der Waals surface area contributed by atoms with Crippen LogP contribution in [0.4, 0.5) is 5.69 Å². The fourth-order valence-corrected chi connectivity index (χ4v) is 3.50. The summed E-state index contributed by atoms with van der Waals surface area (Å²) in [5.74, 6) is 1.26. The van der Waals surface area contributed by atoms with Gasteiger partial charge in [0.2, 0.25) is 5.91 Å². The zero-order valence-corrected chi connectivity index (χ0v) is 14.8. The van der Waals surface area contributed by atoms with E-state index >= 15 is 0 Å². The molecule has 1 aliphatic carbocycles. The van der Waals surface area contributed by atoms with Gasteiger partial charge in [-0.3, -0.25) is 4.79 Å². The Labute approximate surface area is 144 Å². The van der Waals surface area contributed by atoms with Crippen LogP contribution in [-0.2, 0) is 4.79 Å². The van der Waals surface area contributed by atoms with Crippen molar-refractivity contribution in [3.63, 3.8) is 0 Å². The van der Waals surface area contributed by atoms with Crippen LogP contribution in [0.2, 0.25) is 0 Å². The Morgan fingerprint density at radius 2 is 2.13 bits per heavy atom. The van der Waals surface area contributed by atoms with E-state index in [4.69, 9.17) is 4.74 Å². The molecule has 1 aromatic carbocycles. The second-order valence-electron chi connectivity index (χ2n) is 6.68. The van der Waals surface area contributed by atoms with Gasteiger partial charge < -0.3 is 15.4 Å². The first-order valence-electron chi connectivity index (χ1n) is 8.40. The summed E-state index contributed by atoms with van der Waals surface area (Å²) in [6.07, 6.45) is 4.31. The van der Waals surface area contributed by atoms with Gasteiger partial charge in [0, 0.05) is 11.6 Å². The van der Waals surface area contributed by atoms with Gasteiger partial charge in [0.1, 0.15) is 5.75 Å². The molecule has 1 atom stereocenters. The standard InChI is InChI=1S/C18H26N2O2.ClH/c1-3-10-22-14-4-5-16(13(2)11-14)20-17(21)15-12-18(15)6-8-19-9-7-18;/h4-5,11,15,19H,3,6-10,12H2,1-2H3,(H,20,21);1H. The fraction of sp³-hybridized carbons (Fsp3) is 0.611. The predicted molar refractivity (Wildman–Crippen MR) is 95.5 cm³/mol. The second kappa shape index (κ2) is 7.54. The van der Waals surface area contributed by atoms with Crippen LogP contribution in [0.1, 0.15) is 38.2 Å². The zero-order valence-electron chi connectivity index (χ0n) is 14.0. The zero-order chi connectivity index (χ0) is 15.6. The molecule has 1 aliphatic heterocycles. The molecule has 2 fully saturated rings. The van der Waals surface area contributed by atoms with E-state index in [0.717, 1.165) is 62.4 Å². The number of nitrogens with one attached hydrogen (secondary N) is 2.